The Morgan fingerprint density at radius 3 is 2.70 bits per heavy atom. The maximum Gasteiger partial charge on any atom is 0.251 e. The van der Waals surface area contributed by atoms with Crippen molar-refractivity contribution in [2.45, 2.75) is 77.1 Å². The van der Waals surface area contributed by atoms with Crippen LogP contribution in [0.15, 0.2) is 6.20 Å². The molecule has 0 aliphatic carbocycles. The van der Waals surface area contributed by atoms with Crippen LogP contribution in [0, 0.1) is 5.92 Å². The summed E-state index contributed by atoms with van der Waals surface area (Å²) >= 11 is 0. The molecule has 7 nitrogen and oxygen atoms in total. The minimum Gasteiger partial charge on any atom is -0.368 e. The van der Waals surface area contributed by atoms with E-state index in [1.807, 2.05) is 9.58 Å². The van der Waals surface area contributed by atoms with Gasteiger partial charge in [0.25, 0.3) is 5.91 Å². The Balaban J connectivity index is 1.25. The lowest BCUT2D eigenvalue weighted by Gasteiger charge is -2.33. The summed E-state index contributed by atoms with van der Waals surface area (Å²) in [6, 6.07) is 0. The molecule has 3 aliphatic heterocycles. The molecular formula is C20H33N5O2. The van der Waals surface area contributed by atoms with Crippen molar-refractivity contribution in [1.82, 2.24) is 24.8 Å². The molecule has 1 aromatic rings. The molecule has 150 valence electrons. The Morgan fingerprint density at radius 2 is 2.04 bits per heavy atom. The van der Waals surface area contributed by atoms with E-state index in [4.69, 9.17) is 4.74 Å². The van der Waals surface area contributed by atoms with Crippen LogP contribution < -0.4 is 0 Å². The van der Waals surface area contributed by atoms with E-state index >= 15 is 0 Å². The molecule has 0 unspecified atom stereocenters. The van der Waals surface area contributed by atoms with Crippen LogP contribution in [-0.2, 0) is 22.6 Å². The number of hydrogen-bond donors (Lipinski definition) is 0. The lowest BCUT2D eigenvalue weighted by atomic mass is 9.96. The first-order chi connectivity index (χ1) is 13.0. The fourth-order valence-electron chi connectivity index (χ4n) is 4.73. The van der Waals surface area contributed by atoms with Gasteiger partial charge in [-0.1, -0.05) is 5.21 Å². The van der Waals surface area contributed by atoms with E-state index < -0.39 is 0 Å². The molecule has 0 bridgehead atoms. The topological polar surface area (TPSA) is 63.5 Å². The molecule has 0 saturated carbocycles. The fraction of sp³-hybridized carbons (Fsp3) is 0.850. The van der Waals surface area contributed by atoms with E-state index in [1.54, 1.807) is 0 Å². The largest absolute Gasteiger partial charge is 0.368 e. The summed E-state index contributed by atoms with van der Waals surface area (Å²) in [5.41, 5.74) is 1.34. The Kier molecular flexibility index (Phi) is 5.50. The molecule has 0 radical (unpaired) electrons. The molecule has 27 heavy (non-hydrogen) atoms. The quantitative estimate of drug-likeness (QED) is 0.788. The van der Waals surface area contributed by atoms with Crippen LogP contribution in [0.3, 0.4) is 0 Å². The number of ether oxygens (including phenoxy) is 1. The normalized spacial score (nSPS) is 26.7. The van der Waals surface area contributed by atoms with Gasteiger partial charge < -0.3 is 9.64 Å². The summed E-state index contributed by atoms with van der Waals surface area (Å²) in [5, 5.41) is 8.75. The summed E-state index contributed by atoms with van der Waals surface area (Å²) in [6.07, 6.45) is 8.41. The van der Waals surface area contributed by atoms with Gasteiger partial charge in [-0.15, -0.1) is 5.10 Å². The minimum atomic E-state index is -0.186. The van der Waals surface area contributed by atoms with E-state index in [1.165, 1.54) is 12.8 Å². The number of carbonyl (C=O) groups excluding carboxylic acids is 1. The van der Waals surface area contributed by atoms with E-state index in [0.29, 0.717) is 5.92 Å². The summed E-state index contributed by atoms with van der Waals surface area (Å²) in [5.74, 6) is 0.763. The highest BCUT2D eigenvalue weighted by Crippen LogP contribution is 2.29. The van der Waals surface area contributed by atoms with E-state index in [9.17, 15) is 4.79 Å². The van der Waals surface area contributed by atoms with Gasteiger partial charge in [0.1, 0.15) is 6.10 Å². The number of likely N-dealkylation sites (tertiary alicyclic amines) is 2. The second kappa shape index (κ2) is 7.87. The third-order valence-corrected chi connectivity index (χ3v) is 6.59. The second-order valence-corrected chi connectivity index (χ2v) is 9.04. The van der Waals surface area contributed by atoms with Gasteiger partial charge >= 0.3 is 0 Å². The molecule has 7 heteroatoms. The molecule has 3 saturated heterocycles. The lowest BCUT2D eigenvalue weighted by Crippen LogP contribution is -2.44. The van der Waals surface area contributed by atoms with Crippen molar-refractivity contribution in [3.63, 3.8) is 0 Å². The Morgan fingerprint density at radius 1 is 1.22 bits per heavy atom. The first kappa shape index (κ1) is 18.9. The first-order valence-electron chi connectivity index (χ1n) is 10.6. The molecular weight excluding hydrogens is 342 g/mol. The van der Waals surface area contributed by atoms with Crippen molar-refractivity contribution >= 4 is 5.91 Å². The number of amides is 1. The minimum absolute atomic E-state index is 0.186. The Hall–Kier alpha value is -1.47. The molecule has 0 N–H and O–H groups in total. The Labute approximate surface area is 162 Å². The summed E-state index contributed by atoms with van der Waals surface area (Å²) in [6.45, 7) is 9.98. The maximum absolute atomic E-state index is 12.5. The predicted molar refractivity (Wildman–Crippen MR) is 102 cm³/mol. The van der Waals surface area contributed by atoms with Crippen molar-refractivity contribution < 1.29 is 9.53 Å². The summed E-state index contributed by atoms with van der Waals surface area (Å²) in [7, 11) is 0. The highest BCUT2D eigenvalue weighted by Gasteiger charge is 2.33. The SMILES string of the molecule is CC1(C)CCCN1Cc1cn(CC2CCN(C(=O)[C@@H]3CCCO3)CC2)nn1. The van der Waals surface area contributed by atoms with Crippen LogP contribution in [0.5, 0.6) is 0 Å². The Bertz CT molecular complexity index is 645. The highest BCUT2D eigenvalue weighted by molar-refractivity contribution is 5.81. The monoisotopic (exact) mass is 375 g/mol. The molecule has 1 aromatic heterocycles. The standard InChI is InChI=1S/C20H33N5O2/c1-20(2)8-4-9-24(20)14-17-15-25(22-21-17)13-16-6-10-23(11-7-16)19(26)18-5-3-12-27-18/h15-16,18H,3-14H2,1-2H3/t18-/m0/s1. The zero-order valence-electron chi connectivity index (χ0n) is 16.8. The zero-order valence-corrected chi connectivity index (χ0v) is 16.8. The smallest absolute Gasteiger partial charge is 0.251 e. The summed E-state index contributed by atoms with van der Waals surface area (Å²) < 4.78 is 7.55. The number of rotatable bonds is 5. The molecule has 3 fully saturated rings. The predicted octanol–water partition coefficient (Wildman–Crippen LogP) is 2.07. The van der Waals surface area contributed by atoms with Crippen molar-refractivity contribution in [1.29, 1.82) is 0 Å². The average Bonchev–Trinajstić information content (AvgIpc) is 3.38. The van der Waals surface area contributed by atoms with E-state index in [-0.39, 0.29) is 17.6 Å². The maximum atomic E-state index is 12.5. The van der Waals surface area contributed by atoms with Gasteiger partial charge in [0, 0.05) is 44.5 Å². The van der Waals surface area contributed by atoms with E-state index in [0.717, 1.165) is 70.7 Å². The zero-order chi connectivity index (χ0) is 18.9. The number of nitrogens with zero attached hydrogens (tertiary/aromatic N) is 5. The number of aromatic nitrogens is 3. The molecule has 1 atom stereocenters. The lowest BCUT2D eigenvalue weighted by molar-refractivity contribution is -0.142. The van der Waals surface area contributed by atoms with Crippen molar-refractivity contribution in [3.05, 3.63) is 11.9 Å². The number of carbonyl (C=O) groups is 1. The van der Waals surface area contributed by atoms with Crippen LogP contribution in [0.25, 0.3) is 0 Å². The van der Waals surface area contributed by atoms with Gasteiger partial charge in [0.05, 0.1) is 5.69 Å². The molecule has 4 rings (SSSR count). The van der Waals surface area contributed by atoms with Crippen LogP contribution in [0.4, 0.5) is 0 Å². The molecule has 4 heterocycles. The molecule has 1 amide bonds. The van der Waals surface area contributed by atoms with Crippen LogP contribution in [0.1, 0.15) is 58.1 Å². The molecule has 3 aliphatic rings. The van der Waals surface area contributed by atoms with Gasteiger partial charge in [-0.2, -0.15) is 0 Å². The summed E-state index contributed by atoms with van der Waals surface area (Å²) in [4.78, 5) is 17.0. The first-order valence-corrected chi connectivity index (χ1v) is 10.6. The van der Waals surface area contributed by atoms with Gasteiger partial charge in [-0.25, -0.2) is 0 Å². The van der Waals surface area contributed by atoms with Gasteiger partial charge in [0.15, 0.2) is 0 Å². The number of piperidine rings is 1. The van der Waals surface area contributed by atoms with Gasteiger partial charge in [-0.3, -0.25) is 14.4 Å². The average molecular weight is 376 g/mol. The van der Waals surface area contributed by atoms with Crippen molar-refractivity contribution in [2.24, 2.45) is 5.92 Å². The highest BCUT2D eigenvalue weighted by atomic mass is 16.5. The van der Waals surface area contributed by atoms with Crippen LogP contribution in [0.2, 0.25) is 0 Å². The number of hydrogen-bond acceptors (Lipinski definition) is 5. The van der Waals surface area contributed by atoms with Crippen LogP contribution >= 0.6 is 0 Å². The third-order valence-electron chi connectivity index (χ3n) is 6.59. The van der Waals surface area contributed by atoms with Gasteiger partial charge in [0.2, 0.25) is 0 Å². The van der Waals surface area contributed by atoms with Gasteiger partial charge in [-0.05, 0) is 64.8 Å². The van der Waals surface area contributed by atoms with Crippen molar-refractivity contribution in [3.8, 4) is 0 Å². The fourth-order valence-corrected chi connectivity index (χ4v) is 4.73. The molecule has 0 spiro atoms. The van der Waals surface area contributed by atoms with Crippen molar-refractivity contribution in [2.75, 3.05) is 26.2 Å². The second-order valence-electron chi connectivity index (χ2n) is 9.04. The third kappa shape index (κ3) is 4.35. The van der Waals surface area contributed by atoms with E-state index in [2.05, 4.69) is 35.3 Å². The van der Waals surface area contributed by atoms with Crippen LogP contribution in [-0.4, -0.2) is 68.6 Å². The molecule has 0 aromatic carbocycles.